The van der Waals surface area contributed by atoms with Crippen LogP contribution in [0.5, 0.6) is 0 Å². The van der Waals surface area contributed by atoms with E-state index in [1.165, 1.54) is 0 Å². The maximum absolute atomic E-state index is 9.40. The summed E-state index contributed by atoms with van der Waals surface area (Å²) in [5.41, 5.74) is 1.08. The molecule has 0 saturated carbocycles. The van der Waals surface area contributed by atoms with E-state index in [1.807, 2.05) is 37.5 Å². The van der Waals surface area contributed by atoms with Crippen molar-refractivity contribution in [3.05, 3.63) is 42.5 Å². The lowest BCUT2D eigenvalue weighted by Crippen LogP contribution is -2.37. The van der Waals surface area contributed by atoms with Gasteiger partial charge in [-0.2, -0.15) is 0 Å². The molecule has 1 aliphatic heterocycles. The lowest BCUT2D eigenvalue weighted by Gasteiger charge is -2.33. The van der Waals surface area contributed by atoms with Gasteiger partial charge in [-0.05, 0) is 30.9 Å². The van der Waals surface area contributed by atoms with E-state index in [4.69, 9.17) is 0 Å². The molecule has 6 nitrogen and oxygen atoms in total. The van der Waals surface area contributed by atoms with Gasteiger partial charge in [0.25, 0.3) is 0 Å². The molecule has 1 fully saturated rings. The van der Waals surface area contributed by atoms with Gasteiger partial charge in [-0.15, -0.1) is 0 Å². The van der Waals surface area contributed by atoms with E-state index in [0.29, 0.717) is 5.92 Å². The van der Waals surface area contributed by atoms with Crippen LogP contribution in [0.15, 0.2) is 36.8 Å². The summed E-state index contributed by atoms with van der Waals surface area (Å²) >= 11 is 0. The van der Waals surface area contributed by atoms with Crippen molar-refractivity contribution in [2.75, 3.05) is 43.1 Å². The third kappa shape index (κ3) is 4.20. The van der Waals surface area contributed by atoms with Gasteiger partial charge in [-0.3, -0.25) is 4.98 Å². The Balaban J connectivity index is 1.63. The van der Waals surface area contributed by atoms with Gasteiger partial charge in [0.2, 0.25) is 0 Å². The molecular formula is C18H25N5O. The van der Waals surface area contributed by atoms with Gasteiger partial charge in [0.15, 0.2) is 0 Å². The van der Waals surface area contributed by atoms with Crippen molar-refractivity contribution in [3.8, 4) is 0 Å². The van der Waals surface area contributed by atoms with Crippen LogP contribution in [0.4, 0.5) is 11.6 Å². The number of hydrogen-bond donors (Lipinski definition) is 1. The van der Waals surface area contributed by atoms with Gasteiger partial charge < -0.3 is 14.9 Å². The first-order valence-corrected chi connectivity index (χ1v) is 8.55. The van der Waals surface area contributed by atoms with E-state index in [-0.39, 0.29) is 6.61 Å². The molecule has 1 saturated heterocycles. The molecule has 2 aromatic rings. The van der Waals surface area contributed by atoms with Gasteiger partial charge in [-0.25, -0.2) is 9.97 Å². The number of aliphatic hydroxyl groups is 1. The molecule has 1 atom stereocenters. The average Bonchev–Trinajstić information content (AvgIpc) is 2.67. The second-order valence-corrected chi connectivity index (χ2v) is 6.36. The third-order valence-electron chi connectivity index (χ3n) is 4.56. The number of anilines is 2. The smallest absolute Gasteiger partial charge is 0.134 e. The highest BCUT2D eigenvalue weighted by Crippen LogP contribution is 2.23. The molecule has 1 N–H and O–H groups in total. The number of rotatable bonds is 6. The van der Waals surface area contributed by atoms with Crippen LogP contribution >= 0.6 is 0 Å². The van der Waals surface area contributed by atoms with Crippen LogP contribution in [0, 0.1) is 5.92 Å². The zero-order valence-electron chi connectivity index (χ0n) is 14.2. The molecule has 0 aliphatic carbocycles. The van der Waals surface area contributed by atoms with E-state index in [9.17, 15) is 5.11 Å². The molecule has 1 aliphatic rings. The Morgan fingerprint density at radius 1 is 1.29 bits per heavy atom. The molecule has 0 spiro atoms. The fourth-order valence-corrected chi connectivity index (χ4v) is 3.08. The quantitative estimate of drug-likeness (QED) is 0.872. The first-order valence-electron chi connectivity index (χ1n) is 8.55. The number of nitrogens with zero attached hydrogens (tertiary/aromatic N) is 5. The Morgan fingerprint density at radius 3 is 3.00 bits per heavy atom. The molecule has 24 heavy (non-hydrogen) atoms. The molecular weight excluding hydrogens is 302 g/mol. The minimum atomic E-state index is 0.248. The van der Waals surface area contributed by atoms with Crippen molar-refractivity contribution in [3.63, 3.8) is 0 Å². The van der Waals surface area contributed by atoms with Crippen LogP contribution in [0.3, 0.4) is 0 Å². The normalized spacial score (nSPS) is 17.8. The number of aliphatic hydroxyl groups excluding tert-OH is 1. The standard InChI is InChI=1S/C18H25N5O/c1-22(10-7-16-6-2-3-8-19-16)17-11-18(21-14-20-17)23-9-4-5-15(12-23)13-24/h2-3,6,8,11,14-15,24H,4-5,7,9-10,12-13H2,1H3/t15-/m0/s1. The highest BCUT2D eigenvalue weighted by Gasteiger charge is 2.20. The van der Waals surface area contributed by atoms with E-state index in [0.717, 1.165) is 56.2 Å². The zero-order chi connectivity index (χ0) is 16.8. The van der Waals surface area contributed by atoms with E-state index >= 15 is 0 Å². The predicted octanol–water partition coefficient (Wildman–Crippen LogP) is 1.76. The predicted molar refractivity (Wildman–Crippen MR) is 95.3 cm³/mol. The minimum Gasteiger partial charge on any atom is -0.396 e. The van der Waals surface area contributed by atoms with Gasteiger partial charge >= 0.3 is 0 Å². The van der Waals surface area contributed by atoms with E-state index < -0.39 is 0 Å². The lowest BCUT2D eigenvalue weighted by molar-refractivity contribution is 0.208. The summed E-state index contributed by atoms with van der Waals surface area (Å²) in [6.07, 6.45) is 6.53. The van der Waals surface area contributed by atoms with Crippen molar-refractivity contribution < 1.29 is 5.11 Å². The number of likely N-dealkylation sites (N-methyl/N-ethyl adjacent to an activating group) is 1. The maximum atomic E-state index is 9.40. The van der Waals surface area contributed by atoms with Crippen LogP contribution in [0.2, 0.25) is 0 Å². The van der Waals surface area contributed by atoms with Crippen molar-refractivity contribution in [2.45, 2.75) is 19.3 Å². The van der Waals surface area contributed by atoms with Crippen LogP contribution in [0.25, 0.3) is 0 Å². The molecule has 6 heteroatoms. The Bertz CT molecular complexity index is 636. The first-order chi connectivity index (χ1) is 11.8. The summed E-state index contributed by atoms with van der Waals surface area (Å²) in [4.78, 5) is 17.6. The fourth-order valence-electron chi connectivity index (χ4n) is 3.08. The summed E-state index contributed by atoms with van der Waals surface area (Å²) < 4.78 is 0. The maximum Gasteiger partial charge on any atom is 0.134 e. The van der Waals surface area contributed by atoms with Gasteiger partial charge in [0.1, 0.15) is 18.0 Å². The molecule has 3 heterocycles. The minimum absolute atomic E-state index is 0.248. The second-order valence-electron chi connectivity index (χ2n) is 6.36. The third-order valence-corrected chi connectivity index (χ3v) is 4.56. The molecule has 128 valence electrons. The van der Waals surface area contributed by atoms with Crippen molar-refractivity contribution in [2.24, 2.45) is 5.92 Å². The molecule has 0 bridgehead atoms. The Labute approximate surface area is 143 Å². The fraction of sp³-hybridized carbons (Fsp3) is 0.500. The molecule has 0 radical (unpaired) electrons. The average molecular weight is 327 g/mol. The Morgan fingerprint density at radius 2 is 2.21 bits per heavy atom. The van der Waals surface area contributed by atoms with Gasteiger partial charge in [0.05, 0.1) is 0 Å². The number of aromatic nitrogens is 3. The first kappa shape index (κ1) is 16.6. The Kier molecular flexibility index (Phi) is 5.59. The highest BCUT2D eigenvalue weighted by molar-refractivity contribution is 5.50. The monoisotopic (exact) mass is 327 g/mol. The number of pyridine rings is 1. The molecule has 2 aromatic heterocycles. The second kappa shape index (κ2) is 8.06. The van der Waals surface area contributed by atoms with Gasteiger partial charge in [-0.1, -0.05) is 6.07 Å². The van der Waals surface area contributed by atoms with Crippen LogP contribution in [-0.4, -0.2) is 53.3 Å². The van der Waals surface area contributed by atoms with Crippen molar-refractivity contribution >= 4 is 11.6 Å². The number of hydrogen-bond acceptors (Lipinski definition) is 6. The van der Waals surface area contributed by atoms with E-state index in [1.54, 1.807) is 6.33 Å². The van der Waals surface area contributed by atoms with Gasteiger partial charge in [0, 0.05) is 57.7 Å². The summed E-state index contributed by atoms with van der Waals surface area (Å²) in [6, 6.07) is 8.03. The lowest BCUT2D eigenvalue weighted by atomic mass is 9.99. The van der Waals surface area contributed by atoms with Crippen LogP contribution < -0.4 is 9.80 Å². The molecule has 0 unspecified atom stereocenters. The van der Waals surface area contributed by atoms with Crippen LogP contribution in [-0.2, 0) is 6.42 Å². The summed E-state index contributed by atoms with van der Waals surface area (Å²) in [5.74, 6) is 2.21. The number of piperidine rings is 1. The van der Waals surface area contributed by atoms with E-state index in [2.05, 4.69) is 24.8 Å². The SMILES string of the molecule is CN(CCc1ccccn1)c1cc(N2CCC[C@H](CO)C2)ncn1. The molecule has 3 rings (SSSR count). The van der Waals surface area contributed by atoms with Crippen molar-refractivity contribution in [1.82, 2.24) is 15.0 Å². The molecule has 0 aromatic carbocycles. The van der Waals surface area contributed by atoms with Crippen molar-refractivity contribution in [1.29, 1.82) is 0 Å². The summed E-state index contributed by atoms with van der Waals surface area (Å²) in [5, 5.41) is 9.40. The molecule has 0 amide bonds. The zero-order valence-corrected chi connectivity index (χ0v) is 14.2. The summed E-state index contributed by atoms with van der Waals surface area (Å²) in [7, 11) is 2.04. The topological polar surface area (TPSA) is 65.4 Å². The largest absolute Gasteiger partial charge is 0.396 e. The summed E-state index contributed by atoms with van der Waals surface area (Å²) in [6.45, 7) is 2.96. The highest BCUT2D eigenvalue weighted by atomic mass is 16.3. The Hall–Kier alpha value is -2.21. The van der Waals surface area contributed by atoms with Crippen LogP contribution in [0.1, 0.15) is 18.5 Å².